The highest BCUT2D eigenvalue weighted by Gasteiger charge is 2.32. The number of carboxylic acid groups (broad SMARTS) is 1. The molecule has 0 aromatic rings. The van der Waals surface area contributed by atoms with Gasteiger partial charge < -0.3 is 9.84 Å². The average Bonchev–Trinajstić information content (AvgIpc) is 2.35. The van der Waals surface area contributed by atoms with Gasteiger partial charge in [-0.3, -0.25) is 9.59 Å². The van der Waals surface area contributed by atoms with Gasteiger partial charge in [0.25, 0.3) is 0 Å². The van der Waals surface area contributed by atoms with Crippen molar-refractivity contribution in [3.63, 3.8) is 0 Å². The van der Waals surface area contributed by atoms with Crippen LogP contribution in [0.1, 0.15) is 46.0 Å². The SMILES string of the molecule is CCCOC(=O)C1CCC(C(C)C(=O)O)CC1. The summed E-state index contributed by atoms with van der Waals surface area (Å²) >= 11 is 0. The van der Waals surface area contributed by atoms with Crippen LogP contribution in [0.3, 0.4) is 0 Å². The van der Waals surface area contributed by atoms with Crippen LogP contribution in [-0.4, -0.2) is 23.7 Å². The highest BCUT2D eigenvalue weighted by molar-refractivity contribution is 5.73. The van der Waals surface area contributed by atoms with Crippen LogP contribution < -0.4 is 0 Å². The Morgan fingerprint density at radius 2 is 1.88 bits per heavy atom. The lowest BCUT2D eigenvalue weighted by molar-refractivity contribution is -0.150. The van der Waals surface area contributed by atoms with Crippen LogP contribution in [0, 0.1) is 17.8 Å². The van der Waals surface area contributed by atoms with Gasteiger partial charge in [0, 0.05) is 0 Å². The van der Waals surface area contributed by atoms with Crippen molar-refractivity contribution in [2.45, 2.75) is 46.0 Å². The molecular weight excluding hydrogens is 220 g/mol. The maximum absolute atomic E-state index is 11.6. The van der Waals surface area contributed by atoms with E-state index < -0.39 is 5.97 Å². The van der Waals surface area contributed by atoms with Crippen molar-refractivity contribution < 1.29 is 19.4 Å². The summed E-state index contributed by atoms with van der Waals surface area (Å²) in [5, 5.41) is 8.93. The molecule has 4 heteroatoms. The second-order valence-electron chi connectivity index (χ2n) is 4.91. The number of esters is 1. The van der Waals surface area contributed by atoms with Crippen molar-refractivity contribution in [3.8, 4) is 0 Å². The number of carbonyl (C=O) groups excluding carboxylic acids is 1. The van der Waals surface area contributed by atoms with Crippen molar-refractivity contribution >= 4 is 11.9 Å². The zero-order chi connectivity index (χ0) is 12.8. The molecule has 0 aliphatic heterocycles. The lowest BCUT2D eigenvalue weighted by Crippen LogP contribution is -2.29. The Kier molecular flexibility index (Phi) is 5.45. The largest absolute Gasteiger partial charge is 0.481 e. The van der Waals surface area contributed by atoms with Crippen LogP contribution in [0.2, 0.25) is 0 Å². The second-order valence-corrected chi connectivity index (χ2v) is 4.91. The molecule has 1 aliphatic rings. The molecule has 0 aromatic heterocycles. The Morgan fingerprint density at radius 1 is 1.29 bits per heavy atom. The summed E-state index contributed by atoms with van der Waals surface area (Å²) in [5.74, 6) is -0.945. The van der Waals surface area contributed by atoms with Crippen molar-refractivity contribution in [3.05, 3.63) is 0 Å². The highest BCUT2D eigenvalue weighted by atomic mass is 16.5. The molecule has 1 rings (SSSR count). The Balaban J connectivity index is 2.35. The van der Waals surface area contributed by atoms with Crippen LogP contribution in [0.5, 0.6) is 0 Å². The number of rotatable bonds is 5. The van der Waals surface area contributed by atoms with Gasteiger partial charge in [-0.2, -0.15) is 0 Å². The average molecular weight is 242 g/mol. The number of carbonyl (C=O) groups is 2. The predicted octanol–water partition coefficient (Wildman–Crippen LogP) is 2.47. The normalized spacial score (nSPS) is 26.2. The fourth-order valence-electron chi connectivity index (χ4n) is 2.38. The van der Waals surface area contributed by atoms with Gasteiger partial charge in [0.1, 0.15) is 0 Å². The molecule has 0 saturated heterocycles. The monoisotopic (exact) mass is 242 g/mol. The van der Waals surface area contributed by atoms with Crippen molar-refractivity contribution in [1.82, 2.24) is 0 Å². The molecular formula is C13H22O4. The standard InChI is InChI=1S/C13H22O4/c1-3-8-17-13(16)11-6-4-10(5-7-11)9(2)12(14)15/h9-11H,3-8H2,1-2H3,(H,14,15). The third-order valence-electron chi connectivity index (χ3n) is 3.65. The Labute approximate surface area is 102 Å². The van der Waals surface area contributed by atoms with Crippen molar-refractivity contribution in [2.75, 3.05) is 6.61 Å². The van der Waals surface area contributed by atoms with E-state index in [-0.39, 0.29) is 23.7 Å². The molecule has 1 aliphatic carbocycles. The summed E-state index contributed by atoms with van der Waals surface area (Å²) in [6.45, 7) is 4.21. The number of hydrogen-bond donors (Lipinski definition) is 1. The number of carboxylic acids is 1. The van der Waals surface area contributed by atoms with Crippen molar-refractivity contribution in [1.29, 1.82) is 0 Å². The molecule has 0 amide bonds. The summed E-state index contributed by atoms with van der Waals surface area (Å²) in [6.07, 6.45) is 4.02. The summed E-state index contributed by atoms with van der Waals surface area (Å²) in [4.78, 5) is 22.5. The topological polar surface area (TPSA) is 63.6 Å². The third-order valence-corrected chi connectivity index (χ3v) is 3.65. The number of hydrogen-bond acceptors (Lipinski definition) is 3. The molecule has 1 fully saturated rings. The fourth-order valence-corrected chi connectivity index (χ4v) is 2.38. The summed E-state index contributed by atoms with van der Waals surface area (Å²) in [6, 6.07) is 0. The van der Waals surface area contributed by atoms with Crippen LogP contribution >= 0.6 is 0 Å². The maximum Gasteiger partial charge on any atom is 0.308 e. The number of aliphatic carboxylic acids is 1. The van der Waals surface area contributed by atoms with E-state index >= 15 is 0 Å². The molecule has 1 N–H and O–H groups in total. The minimum absolute atomic E-state index is 0.0150. The smallest absolute Gasteiger partial charge is 0.308 e. The molecule has 1 atom stereocenters. The summed E-state index contributed by atoms with van der Waals surface area (Å²) in [7, 11) is 0. The van der Waals surface area contributed by atoms with Gasteiger partial charge in [-0.1, -0.05) is 13.8 Å². The van der Waals surface area contributed by atoms with Crippen LogP contribution in [-0.2, 0) is 14.3 Å². The van der Waals surface area contributed by atoms with E-state index in [0.717, 1.165) is 32.1 Å². The first-order chi connectivity index (χ1) is 8.06. The molecule has 17 heavy (non-hydrogen) atoms. The van der Waals surface area contributed by atoms with E-state index in [0.29, 0.717) is 6.61 Å². The third kappa shape index (κ3) is 4.02. The quantitative estimate of drug-likeness (QED) is 0.752. The van der Waals surface area contributed by atoms with Gasteiger partial charge in [-0.15, -0.1) is 0 Å². The first kappa shape index (κ1) is 14.0. The van der Waals surface area contributed by atoms with Gasteiger partial charge in [0.05, 0.1) is 18.4 Å². The molecule has 0 aromatic carbocycles. The van der Waals surface area contributed by atoms with E-state index in [4.69, 9.17) is 9.84 Å². The van der Waals surface area contributed by atoms with Gasteiger partial charge in [0.15, 0.2) is 0 Å². The van der Waals surface area contributed by atoms with Crippen LogP contribution in [0.25, 0.3) is 0 Å². The second kappa shape index (κ2) is 6.62. The van der Waals surface area contributed by atoms with Gasteiger partial charge in [-0.05, 0) is 38.0 Å². The van der Waals surface area contributed by atoms with E-state index in [2.05, 4.69) is 0 Å². The minimum Gasteiger partial charge on any atom is -0.481 e. The molecule has 0 bridgehead atoms. The van der Waals surface area contributed by atoms with Gasteiger partial charge in [-0.25, -0.2) is 0 Å². The molecule has 0 radical (unpaired) electrons. The summed E-state index contributed by atoms with van der Waals surface area (Å²) in [5.41, 5.74) is 0. The molecule has 1 saturated carbocycles. The van der Waals surface area contributed by atoms with E-state index in [9.17, 15) is 9.59 Å². The lowest BCUT2D eigenvalue weighted by Gasteiger charge is -2.29. The molecule has 1 unspecified atom stereocenters. The first-order valence-corrected chi connectivity index (χ1v) is 6.45. The number of ether oxygens (including phenoxy) is 1. The highest BCUT2D eigenvalue weighted by Crippen LogP contribution is 2.34. The maximum atomic E-state index is 11.6. The molecule has 4 nitrogen and oxygen atoms in total. The van der Waals surface area contributed by atoms with E-state index in [1.165, 1.54) is 0 Å². The van der Waals surface area contributed by atoms with Crippen molar-refractivity contribution in [2.24, 2.45) is 17.8 Å². The zero-order valence-corrected chi connectivity index (χ0v) is 10.6. The molecule has 0 spiro atoms. The summed E-state index contributed by atoms with van der Waals surface area (Å²) < 4.78 is 5.12. The van der Waals surface area contributed by atoms with Gasteiger partial charge >= 0.3 is 11.9 Å². The zero-order valence-electron chi connectivity index (χ0n) is 10.6. The van der Waals surface area contributed by atoms with E-state index in [1.54, 1.807) is 6.92 Å². The Hall–Kier alpha value is -1.06. The van der Waals surface area contributed by atoms with Gasteiger partial charge in [0.2, 0.25) is 0 Å². The van der Waals surface area contributed by atoms with Crippen LogP contribution in [0.4, 0.5) is 0 Å². The molecule has 0 heterocycles. The minimum atomic E-state index is -0.734. The lowest BCUT2D eigenvalue weighted by atomic mass is 9.76. The van der Waals surface area contributed by atoms with Crippen LogP contribution in [0.15, 0.2) is 0 Å². The predicted molar refractivity (Wildman–Crippen MR) is 63.5 cm³/mol. The fraction of sp³-hybridized carbons (Fsp3) is 0.846. The Bertz CT molecular complexity index is 267. The first-order valence-electron chi connectivity index (χ1n) is 6.45. The molecule has 98 valence electrons. The van der Waals surface area contributed by atoms with E-state index in [1.807, 2.05) is 6.92 Å². The Morgan fingerprint density at radius 3 is 2.35 bits per heavy atom.